The van der Waals surface area contributed by atoms with E-state index in [9.17, 15) is 9.59 Å². The van der Waals surface area contributed by atoms with Gasteiger partial charge in [0.2, 0.25) is 11.8 Å². The Morgan fingerprint density at radius 1 is 0.727 bits per heavy atom. The molecule has 0 unspecified atom stereocenters. The summed E-state index contributed by atoms with van der Waals surface area (Å²) in [5.74, 6) is -1.59. The van der Waals surface area contributed by atoms with Gasteiger partial charge in [0.1, 0.15) is 0 Å². The predicted molar refractivity (Wildman–Crippen MR) is 131 cm³/mol. The van der Waals surface area contributed by atoms with E-state index in [-0.39, 0.29) is 29.1 Å². The zero-order valence-corrected chi connectivity index (χ0v) is 20.1. The molecule has 1 saturated heterocycles. The molecule has 4 aliphatic rings. The van der Waals surface area contributed by atoms with Crippen LogP contribution in [-0.2, 0) is 15.0 Å². The van der Waals surface area contributed by atoms with Crippen molar-refractivity contribution in [2.45, 2.75) is 38.0 Å². The molecular weight excluding hydrogens is 453 g/mol. The summed E-state index contributed by atoms with van der Waals surface area (Å²) in [5, 5.41) is 0.784. The van der Waals surface area contributed by atoms with Crippen molar-refractivity contribution in [3.05, 3.63) is 98.5 Å². The van der Waals surface area contributed by atoms with Gasteiger partial charge in [-0.15, -0.1) is 0 Å². The molecule has 3 aliphatic carbocycles. The Bertz CT molecular complexity index is 1360. The van der Waals surface area contributed by atoms with Gasteiger partial charge in [0.15, 0.2) is 0 Å². The Kier molecular flexibility index (Phi) is 4.41. The largest absolute Gasteiger partial charge is 0.274 e. The van der Waals surface area contributed by atoms with Crippen LogP contribution in [0.25, 0.3) is 0 Å². The molecule has 166 valence electrons. The average Bonchev–Trinajstić information content (AvgIpc) is 3.05. The van der Waals surface area contributed by atoms with Crippen molar-refractivity contribution >= 4 is 40.7 Å². The number of anilines is 1. The van der Waals surface area contributed by atoms with E-state index in [1.807, 2.05) is 12.1 Å². The first-order chi connectivity index (χ1) is 15.7. The van der Waals surface area contributed by atoms with Gasteiger partial charge in [-0.2, -0.15) is 0 Å². The Morgan fingerprint density at radius 3 is 1.91 bits per heavy atom. The molecule has 5 heteroatoms. The fraction of sp³-hybridized carbons (Fsp3) is 0.286. The molecule has 4 atom stereocenters. The second-order valence-corrected chi connectivity index (χ2v) is 11.2. The maximum atomic E-state index is 13.9. The first-order valence-corrected chi connectivity index (χ1v) is 12.0. The molecule has 0 aromatic heterocycles. The van der Waals surface area contributed by atoms with Crippen LogP contribution in [0.1, 0.15) is 60.4 Å². The zero-order valence-electron chi connectivity index (χ0n) is 18.6. The summed E-state index contributed by atoms with van der Waals surface area (Å²) in [6.07, 6.45) is 0. The average molecular weight is 476 g/mol. The van der Waals surface area contributed by atoms with Gasteiger partial charge in [-0.25, -0.2) is 4.90 Å². The molecule has 3 aromatic rings. The number of rotatable bonds is 1. The van der Waals surface area contributed by atoms with Gasteiger partial charge in [-0.1, -0.05) is 86.4 Å². The van der Waals surface area contributed by atoms with Crippen LogP contribution in [0.3, 0.4) is 0 Å². The molecule has 3 aromatic carbocycles. The SMILES string of the molecule is CC(C)(C)c1ccc2c(c1)[C@H]1c3ccccc3[C@H]2[C@@H]2C(=O)N(c3cc(Cl)ccc3Cl)C(=O)[C@H]12. The van der Waals surface area contributed by atoms with Crippen LogP contribution < -0.4 is 4.90 Å². The summed E-state index contributed by atoms with van der Waals surface area (Å²) < 4.78 is 0. The van der Waals surface area contributed by atoms with Gasteiger partial charge in [-0.3, -0.25) is 9.59 Å². The van der Waals surface area contributed by atoms with Gasteiger partial charge in [0.05, 0.1) is 22.5 Å². The maximum Gasteiger partial charge on any atom is 0.238 e. The van der Waals surface area contributed by atoms with Gasteiger partial charge >= 0.3 is 0 Å². The molecule has 0 saturated carbocycles. The van der Waals surface area contributed by atoms with E-state index in [1.54, 1.807) is 18.2 Å². The van der Waals surface area contributed by atoms with E-state index in [1.165, 1.54) is 16.0 Å². The smallest absolute Gasteiger partial charge is 0.238 e. The number of hydrogen-bond acceptors (Lipinski definition) is 2. The van der Waals surface area contributed by atoms with E-state index in [0.717, 1.165) is 16.7 Å². The van der Waals surface area contributed by atoms with Crippen LogP contribution in [0.4, 0.5) is 5.69 Å². The summed E-state index contributed by atoms with van der Waals surface area (Å²) in [5.41, 5.74) is 6.23. The van der Waals surface area contributed by atoms with Crippen LogP contribution in [0, 0.1) is 11.8 Å². The lowest BCUT2D eigenvalue weighted by molar-refractivity contribution is -0.122. The monoisotopic (exact) mass is 475 g/mol. The van der Waals surface area contributed by atoms with Gasteiger partial charge in [-0.05, 0) is 51.4 Å². The third-order valence-corrected chi connectivity index (χ3v) is 8.11. The van der Waals surface area contributed by atoms with Crippen molar-refractivity contribution in [2.24, 2.45) is 11.8 Å². The quantitative estimate of drug-likeness (QED) is 0.367. The minimum Gasteiger partial charge on any atom is -0.274 e. The standard InChI is InChI=1S/C28H23Cl2NO2/c1-28(2,3)14-8-10-18-19(12-14)23-17-7-5-4-6-16(17)22(18)24-25(23)27(33)31(26(24)32)21-13-15(29)9-11-20(21)30/h4-13,22-25H,1-3H3/t22-,23-,24+,25-/m1/s1. The van der Waals surface area contributed by atoms with Crippen LogP contribution in [-0.4, -0.2) is 11.8 Å². The summed E-state index contributed by atoms with van der Waals surface area (Å²) in [6.45, 7) is 6.58. The van der Waals surface area contributed by atoms with Crippen molar-refractivity contribution in [2.75, 3.05) is 4.90 Å². The molecule has 1 aliphatic heterocycles. The zero-order chi connectivity index (χ0) is 23.2. The Morgan fingerprint density at radius 2 is 1.30 bits per heavy atom. The molecule has 2 amide bonds. The number of hydrogen-bond donors (Lipinski definition) is 0. The molecule has 2 bridgehead atoms. The number of benzene rings is 3. The first-order valence-electron chi connectivity index (χ1n) is 11.2. The number of imide groups is 1. The number of carbonyl (C=O) groups is 2. The minimum atomic E-state index is -0.449. The third-order valence-electron chi connectivity index (χ3n) is 7.55. The van der Waals surface area contributed by atoms with E-state index in [2.05, 4.69) is 51.1 Å². The summed E-state index contributed by atoms with van der Waals surface area (Å²) in [6, 6.07) is 19.8. The molecular formula is C28H23Cl2NO2. The Balaban J connectivity index is 1.57. The fourth-order valence-corrected chi connectivity index (χ4v) is 6.46. The van der Waals surface area contributed by atoms with Crippen molar-refractivity contribution in [1.29, 1.82) is 0 Å². The molecule has 3 nitrogen and oxygen atoms in total. The number of amides is 2. The van der Waals surface area contributed by atoms with Crippen molar-refractivity contribution in [3.63, 3.8) is 0 Å². The summed E-state index contributed by atoms with van der Waals surface area (Å²) in [4.78, 5) is 29.0. The van der Waals surface area contributed by atoms with E-state index >= 15 is 0 Å². The highest BCUT2D eigenvalue weighted by atomic mass is 35.5. The van der Waals surface area contributed by atoms with Crippen molar-refractivity contribution < 1.29 is 9.59 Å². The second-order valence-electron chi connectivity index (χ2n) is 10.3. The van der Waals surface area contributed by atoms with Crippen LogP contribution in [0.5, 0.6) is 0 Å². The molecule has 7 rings (SSSR count). The molecule has 1 heterocycles. The van der Waals surface area contributed by atoms with Gasteiger partial charge in [0.25, 0.3) is 0 Å². The molecule has 0 N–H and O–H groups in total. The number of carbonyl (C=O) groups excluding carboxylic acids is 2. The van der Waals surface area contributed by atoms with Gasteiger partial charge in [0, 0.05) is 16.9 Å². The number of halogens is 2. The number of nitrogens with zero attached hydrogens (tertiary/aromatic N) is 1. The maximum absolute atomic E-state index is 13.9. The second kappa shape index (κ2) is 6.94. The third kappa shape index (κ3) is 2.82. The van der Waals surface area contributed by atoms with Crippen molar-refractivity contribution in [1.82, 2.24) is 0 Å². The topological polar surface area (TPSA) is 37.4 Å². The summed E-state index contributed by atoms with van der Waals surface area (Å²) in [7, 11) is 0. The molecule has 33 heavy (non-hydrogen) atoms. The van der Waals surface area contributed by atoms with Crippen LogP contribution >= 0.6 is 23.2 Å². The normalized spacial score (nSPS) is 25.2. The lowest BCUT2D eigenvalue weighted by atomic mass is 9.54. The van der Waals surface area contributed by atoms with E-state index < -0.39 is 11.8 Å². The molecule has 0 radical (unpaired) electrons. The summed E-state index contributed by atoms with van der Waals surface area (Å²) >= 11 is 12.6. The molecule has 0 spiro atoms. The van der Waals surface area contributed by atoms with E-state index in [0.29, 0.717) is 15.7 Å². The first kappa shape index (κ1) is 20.9. The minimum absolute atomic E-state index is 0.0134. The Labute approximate surface area is 203 Å². The fourth-order valence-electron chi connectivity index (χ4n) is 6.09. The van der Waals surface area contributed by atoms with Crippen LogP contribution in [0.2, 0.25) is 10.0 Å². The van der Waals surface area contributed by atoms with E-state index in [4.69, 9.17) is 23.2 Å². The highest BCUT2D eigenvalue weighted by Gasteiger charge is 2.62. The molecule has 1 fully saturated rings. The highest BCUT2D eigenvalue weighted by molar-refractivity contribution is 6.38. The van der Waals surface area contributed by atoms with Crippen LogP contribution in [0.15, 0.2) is 60.7 Å². The predicted octanol–water partition coefficient (Wildman–Crippen LogP) is 6.69. The Hall–Kier alpha value is -2.62. The van der Waals surface area contributed by atoms with Gasteiger partial charge < -0.3 is 0 Å². The lowest BCUT2D eigenvalue weighted by Gasteiger charge is -2.46. The highest BCUT2D eigenvalue weighted by Crippen LogP contribution is 2.62. The lowest BCUT2D eigenvalue weighted by Crippen LogP contribution is -2.41. The van der Waals surface area contributed by atoms with Crippen molar-refractivity contribution in [3.8, 4) is 0 Å².